The highest BCUT2D eigenvalue weighted by molar-refractivity contribution is 5.80. The highest BCUT2D eigenvalue weighted by atomic mass is 16.7. The van der Waals surface area contributed by atoms with Gasteiger partial charge in [0.2, 0.25) is 5.91 Å². The van der Waals surface area contributed by atoms with Crippen molar-refractivity contribution in [3.63, 3.8) is 0 Å². The summed E-state index contributed by atoms with van der Waals surface area (Å²) < 4.78 is 11.1. The number of carbonyl (C=O) groups is 1. The van der Waals surface area contributed by atoms with Gasteiger partial charge >= 0.3 is 0 Å². The smallest absolute Gasteiger partial charge is 0.249 e. The fourth-order valence-electron chi connectivity index (χ4n) is 7.67. The Balaban J connectivity index is 2.42. The molecule has 0 aromatic rings. The fourth-order valence-corrected chi connectivity index (χ4v) is 7.67. The number of aliphatic hydroxyl groups is 7. The average Bonchev–Trinajstić information content (AvgIpc) is 3.23. The Labute approximate surface area is 359 Å². The number of ether oxygens (including phenoxy) is 2. The Morgan fingerprint density at radius 3 is 1.46 bits per heavy atom. The normalized spacial score (nSPS) is 21.9. The fraction of sp³-hybridized carbons (Fsp3) is 0.896. The maximum absolute atomic E-state index is 13.1. The standard InChI is InChI=1S/C48H91NO10/c1-3-5-7-9-11-13-15-17-18-19-20-21-22-23-24-26-28-30-32-34-36-41(52)47(57)49-39(38-58-48-46(56)45(55)44(54)42(37-50)59-48)43(53)40(51)35-33-31-29-27-25-16-14-12-10-8-6-4-2/h21-22,27,29,39-46,48,50-56H,3-20,23-26,28,30-38H2,1-2H3,(H,49,57)/b22-21-,29-27+. The molecular weight excluding hydrogens is 751 g/mol. The molecule has 0 aromatic carbocycles. The number of carbonyl (C=O) groups excluding carboxylic acids is 1. The van der Waals surface area contributed by atoms with Crippen molar-refractivity contribution in [3.05, 3.63) is 24.3 Å². The molecule has 0 aliphatic carbocycles. The van der Waals surface area contributed by atoms with E-state index < -0.39 is 74.2 Å². The van der Waals surface area contributed by atoms with Crippen molar-refractivity contribution in [3.8, 4) is 0 Å². The second kappa shape index (κ2) is 38.3. The van der Waals surface area contributed by atoms with Crippen LogP contribution in [0, 0.1) is 0 Å². The van der Waals surface area contributed by atoms with E-state index in [0.717, 1.165) is 57.8 Å². The SMILES string of the molecule is CCCCCCCCC/C=C/CCCC(O)C(O)C(COC1OC(CO)C(O)C(O)C1O)NC(=O)C(O)CCCCCCCC/C=C\CCCCCCCCCCCC. The number of rotatable bonds is 40. The van der Waals surface area contributed by atoms with Gasteiger partial charge in [0.05, 0.1) is 25.4 Å². The highest BCUT2D eigenvalue weighted by Gasteiger charge is 2.44. The van der Waals surface area contributed by atoms with Crippen molar-refractivity contribution >= 4 is 5.91 Å². The van der Waals surface area contributed by atoms with E-state index in [4.69, 9.17) is 9.47 Å². The summed E-state index contributed by atoms with van der Waals surface area (Å²) in [5.41, 5.74) is 0. The molecule has 1 aliphatic rings. The number of hydrogen-bond acceptors (Lipinski definition) is 10. The lowest BCUT2D eigenvalue weighted by Crippen LogP contribution is -2.60. The molecule has 1 fully saturated rings. The summed E-state index contributed by atoms with van der Waals surface area (Å²) in [6.45, 7) is 3.41. The first-order valence-corrected chi connectivity index (χ1v) is 24.2. The summed E-state index contributed by atoms with van der Waals surface area (Å²) in [7, 11) is 0. The summed E-state index contributed by atoms with van der Waals surface area (Å²) >= 11 is 0. The average molecular weight is 842 g/mol. The molecular formula is C48H91NO10. The van der Waals surface area contributed by atoms with Crippen LogP contribution >= 0.6 is 0 Å². The third kappa shape index (κ3) is 28.0. The van der Waals surface area contributed by atoms with E-state index in [2.05, 4.69) is 43.5 Å². The van der Waals surface area contributed by atoms with Crippen LogP contribution in [0.2, 0.25) is 0 Å². The van der Waals surface area contributed by atoms with Crippen LogP contribution in [-0.4, -0.2) is 110 Å². The third-order valence-electron chi connectivity index (χ3n) is 11.7. The molecule has 1 aliphatic heterocycles. The maximum Gasteiger partial charge on any atom is 0.249 e. The van der Waals surface area contributed by atoms with Crippen LogP contribution in [0.15, 0.2) is 24.3 Å². The van der Waals surface area contributed by atoms with E-state index in [-0.39, 0.29) is 12.8 Å². The topological polar surface area (TPSA) is 189 Å². The molecule has 8 N–H and O–H groups in total. The zero-order valence-corrected chi connectivity index (χ0v) is 37.5. The zero-order chi connectivity index (χ0) is 43.4. The Kier molecular flexibility index (Phi) is 36.1. The van der Waals surface area contributed by atoms with Crippen LogP contribution < -0.4 is 5.32 Å². The summed E-state index contributed by atoms with van der Waals surface area (Å²) in [5, 5.41) is 75.6. The van der Waals surface area contributed by atoms with Gasteiger partial charge in [0.25, 0.3) is 0 Å². The van der Waals surface area contributed by atoms with E-state index >= 15 is 0 Å². The van der Waals surface area contributed by atoms with Gasteiger partial charge in [-0.3, -0.25) is 4.79 Å². The van der Waals surface area contributed by atoms with E-state index in [9.17, 15) is 40.5 Å². The number of unbranched alkanes of at least 4 members (excludes halogenated alkanes) is 24. The van der Waals surface area contributed by atoms with E-state index in [1.54, 1.807) is 0 Å². The van der Waals surface area contributed by atoms with Gasteiger partial charge in [-0.25, -0.2) is 0 Å². The first-order valence-electron chi connectivity index (χ1n) is 24.2. The Bertz CT molecular complexity index is 1010. The van der Waals surface area contributed by atoms with Gasteiger partial charge in [-0.2, -0.15) is 0 Å². The van der Waals surface area contributed by atoms with Crippen LogP contribution in [0.4, 0.5) is 0 Å². The van der Waals surface area contributed by atoms with E-state index in [1.807, 2.05) is 0 Å². The van der Waals surface area contributed by atoms with Gasteiger partial charge in [0.1, 0.15) is 36.6 Å². The maximum atomic E-state index is 13.1. The van der Waals surface area contributed by atoms with Crippen LogP contribution in [0.25, 0.3) is 0 Å². The summed E-state index contributed by atoms with van der Waals surface area (Å²) in [6.07, 6.45) is 30.9. The molecule has 0 aromatic heterocycles. The van der Waals surface area contributed by atoms with Gasteiger partial charge in [-0.1, -0.05) is 167 Å². The molecule has 1 heterocycles. The highest BCUT2D eigenvalue weighted by Crippen LogP contribution is 2.23. The summed E-state index contributed by atoms with van der Waals surface area (Å²) in [5.74, 6) is -0.712. The van der Waals surface area contributed by atoms with Gasteiger partial charge in [0, 0.05) is 0 Å². The van der Waals surface area contributed by atoms with E-state index in [1.165, 1.54) is 109 Å². The minimum atomic E-state index is -1.67. The molecule has 1 rings (SSSR count). The Morgan fingerprint density at radius 1 is 0.576 bits per heavy atom. The number of allylic oxidation sites excluding steroid dienone is 4. The van der Waals surface area contributed by atoms with Crippen molar-refractivity contribution in [1.82, 2.24) is 5.32 Å². The van der Waals surface area contributed by atoms with Gasteiger partial charge in [0.15, 0.2) is 6.29 Å². The second-order valence-corrected chi connectivity index (χ2v) is 17.2. The third-order valence-corrected chi connectivity index (χ3v) is 11.7. The molecule has 348 valence electrons. The molecule has 0 saturated carbocycles. The number of nitrogens with one attached hydrogen (secondary N) is 1. The quantitative estimate of drug-likeness (QED) is 0.0221. The molecule has 9 unspecified atom stereocenters. The Hall–Kier alpha value is -1.41. The molecule has 0 radical (unpaired) electrons. The van der Waals surface area contributed by atoms with Gasteiger partial charge < -0.3 is 50.5 Å². The van der Waals surface area contributed by atoms with Crippen LogP contribution in [0.1, 0.15) is 206 Å². The minimum Gasteiger partial charge on any atom is -0.394 e. The first-order chi connectivity index (χ1) is 28.7. The first kappa shape index (κ1) is 55.6. The summed E-state index contributed by atoms with van der Waals surface area (Å²) in [6, 6.07) is -1.18. The predicted octanol–water partition coefficient (Wildman–Crippen LogP) is 8.23. The monoisotopic (exact) mass is 842 g/mol. The number of hydrogen-bond donors (Lipinski definition) is 8. The molecule has 11 nitrogen and oxygen atoms in total. The van der Waals surface area contributed by atoms with Crippen LogP contribution in [0.5, 0.6) is 0 Å². The molecule has 1 amide bonds. The van der Waals surface area contributed by atoms with Gasteiger partial charge in [-0.05, 0) is 64.2 Å². The lowest BCUT2D eigenvalue weighted by molar-refractivity contribution is -0.303. The van der Waals surface area contributed by atoms with Crippen LogP contribution in [0.3, 0.4) is 0 Å². The number of amides is 1. The molecule has 0 spiro atoms. The van der Waals surface area contributed by atoms with Crippen molar-refractivity contribution in [1.29, 1.82) is 0 Å². The molecule has 0 bridgehead atoms. The zero-order valence-electron chi connectivity index (χ0n) is 37.5. The van der Waals surface area contributed by atoms with Crippen molar-refractivity contribution in [2.75, 3.05) is 13.2 Å². The second-order valence-electron chi connectivity index (χ2n) is 17.2. The van der Waals surface area contributed by atoms with Crippen LogP contribution in [-0.2, 0) is 14.3 Å². The molecule has 59 heavy (non-hydrogen) atoms. The lowest BCUT2D eigenvalue weighted by Gasteiger charge is -2.40. The van der Waals surface area contributed by atoms with Crippen molar-refractivity contribution in [2.45, 2.75) is 262 Å². The lowest BCUT2D eigenvalue weighted by atomic mass is 9.98. The predicted molar refractivity (Wildman–Crippen MR) is 238 cm³/mol. The van der Waals surface area contributed by atoms with Gasteiger partial charge in [-0.15, -0.1) is 0 Å². The molecule has 11 heteroatoms. The van der Waals surface area contributed by atoms with E-state index in [0.29, 0.717) is 12.8 Å². The largest absolute Gasteiger partial charge is 0.394 e. The molecule has 9 atom stereocenters. The molecule has 1 saturated heterocycles. The number of aliphatic hydroxyl groups excluding tert-OH is 7. The summed E-state index contributed by atoms with van der Waals surface area (Å²) in [4.78, 5) is 13.1. The Morgan fingerprint density at radius 2 is 1.00 bits per heavy atom. The van der Waals surface area contributed by atoms with Crippen molar-refractivity contribution in [2.24, 2.45) is 0 Å². The van der Waals surface area contributed by atoms with Crippen molar-refractivity contribution < 1.29 is 50.0 Å². The minimum absolute atomic E-state index is 0.248.